The van der Waals surface area contributed by atoms with Crippen LogP contribution in [0.4, 0.5) is 0 Å². The van der Waals surface area contributed by atoms with Gasteiger partial charge in [0, 0.05) is 18.2 Å². The summed E-state index contributed by atoms with van der Waals surface area (Å²) in [6.07, 6.45) is 9.61. The first-order valence-corrected chi connectivity index (χ1v) is 16.1. The summed E-state index contributed by atoms with van der Waals surface area (Å²) >= 11 is 5.61. The maximum Gasteiger partial charge on any atom is 0.335 e. The number of nitrogens with zero attached hydrogens (tertiary/aromatic N) is 1. The number of aliphatic hydroxyl groups excluding tert-OH is 2. The summed E-state index contributed by atoms with van der Waals surface area (Å²) in [4.78, 5) is 37.6. The lowest BCUT2D eigenvalue weighted by Crippen LogP contribution is -2.33. The molecule has 1 aliphatic rings. The van der Waals surface area contributed by atoms with Crippen LogP contribution in [0.5, 0.6) is 0 Å². The van der Waals surface area contributed by atoms with Gasteiger partial charge in [-0.1, -0.05) is 101 Å². The zero-order chi connectivity index (χ0) is 34.0. The number of aliphatic hydroxyl groups is 2. The molecule has 0 spiro atoms. The Labute approximate surface area is 264 Å². The van der Waals surface area contributed by atoms with Gasteiger partial charge in [0.25, 0.3) is 11.8 Å². The first-order chi connectivity index (χ1) is 19.3. The van der Waals surface area contributed by atoms with Crippen LogP contribution in [0.2, 0.25) is 0 Å². The van der Waals surface area contributed by atoms with Crippen LogP contribution < -0.4 is 0 Å². The first kappa shape index (κ1) is 47.2. The third kappa shape index (κ3) is 34.5. The van der Waals surface area contributed by atoms with E-state index in [2.05, 4.69) is 79.0 Å². The second-order valence-electron chi connectivity index (χ2n) is 12.2. The molecule has 0 aromatic rings. The molecule has 1 aliphatic heterocycles. The van der Waals surface area contributed by atoms with Gasteiger partial charge in [-0.15, -0.1) is 23.2 Å². The molecule has 2 N–H and O–H groups in total. The van der Waals surface area contributed by atoms with Crippen molar-refractivity contribution in [2.75, 3.05) is 0 Å². The van der Waals surface area contributed by atoms with Gasteiger partial charge in [-0.25, -0.2) is 4.79 Å². The SMILES string of the molecule is C=CC(C)C.CC(C)C(=O)ON1C(=O)CCC1=O.CC(C)C(C)Cl.CCC(O)C/C=C/C(C)C.CCC(O)CC(C)C. The van der Waals surface area contributed by atoms with E-state index >= 15 is 0 Å². The van der Waals surface area contributed by atoms with Gasteiger partial charge in [0.15, 0.2) is 0 Å². The number of allylic oxidation sites excluding steroid dienone is 2. The Bertz CT molecular complexity index is 695. The summed E-state index contributed by atoms with van der Waals surface area (Å²) in [5.41, 5.74) is 0. The third-order valence-corrected chi connectivity index (χ3v) is 6.17. The number of rotatable bonds is 11. The summed E-state index contributed by atoms with van der Waals surface area (Å²) in [7, 11) is 0. The number of carbonyl (C=O) groups excluding carboxylic acids is 3. The minimum Gasteiger partial charge on any atom is -0.393 e. The Kier molecular flexibility index (Phi) is 33.0. The molecule has 0 bridgehead atoms. The summed E-state index contributed by atoms with van der Waals surface area (Å²) < 4.78 is 0. The molecule has 0 aliphatic carbocycles. The summed E-state index contributed by atoms with van der Waals surface area (Å²) in [6.45, 7) is 29.8. The van der Waals surface area contributed by atoms with Crippen LogP contribution in [0.1, 0.15) is 129 Å². The second kappa shape index (κ2) is 29.4. The second-order valence-corrected chi connectivity index (χ2v) is 12.9. The van der Waals surface area contributed by atoms with Gasteiger partial charge in [0.2, 0.25) is 0 Å². The molecular weight excluding hydrogens is 554 g/mol. The van der Waals surface area contributed by atoms with Gasteiger partial charge in [0.1, 0.15) is 0 Å². The van der Waals surface area contributed by atoms with E-state index in [1.54, 1.807) is 13.8 Å². The lowest BCUT2D eigenvalue weighted by atomic mass is 10.0. The zero-order valence-corrected chi connectivity index (χ0v) is 29.9. The van der Waals surface area contributed by atoms with Crippen LogP contribution in [-0.4, -0.2) is 50.6 Å². The molecule has 3 unspecified atom stereocenters. The number of halogens is 1. The predicted octanol–water partition coefficient (Wildman–Crippen LogP) is 8.51. The Morgan fingerprint density at radius 3 is 1.52 bits per heavy atom. The highest BCUT2D eigenvalue weighted by Gasteiger charge is 2.33. The maximum atomic E-state index is 11.0. The van der Waals surface area contributed by atoms with E-state index in [-0.39, 0.29) is 31.0 Å². The fraction of sp³-hybridized carbons (Fsp3) is 0.794. The van der Waals surface area contributed by atoms with Gasteiger partial charge >= 0.3 is 5.97 Å². The number of amides is 2. The molecule has 0 radical (unpaired) electrons. The van der Waals surface area contributed by atoms with E-state index in [4.69, 9.17) is 21.8 Å². The van der Waals surface area contributed by atoms with E-state index in [1.807, 2.05) is 26.8 Å². The molecule has 250 valence electrons. The van der Waals surface area contributed by atoms with Crippen LogP contribution in [0, 0.1) is 29.6 Å². The molecule has 2 amide bonds. The Hall–Kier alpha value is -1.70. The van der Waals surface area contributed by atoms with E-state index < -0.39 is 17.8 Å². The molecule has 1 saturated heterocycles. The lowest BCUT2D eigenvalue weighted by molar-refractivity contribution is -0.199. The van der Waals surface area contributed by atoms with Crippen LogP contribution in [0.25, 0.3) is 0 Å². The van der Waals surface area contributed by atoms with Crippen LogP contribution in [-0.2, 0) is 19.2 Å². The number of alkyl halides is 1. The van der Waals surface area contributed by atoms with Crippen molar-refractivity contribution in [3.8, 4) is 0 Å². The van der Waals surface area contributed by atoms with Crippen LogP contribution >= 0.6 is 11.6 Å². The van der Waals surface area contributed by atoms with E-state index in [9.17, 15) is 14.4 Å². The third-order valence-electron chi connectivity index (χ3n) is 5.66. The largest absolute Gasteiger partial charge is 0.393 e. The van der Waals surface area contributed by atoms with Crippen molar-refractivity contribution in [1.82, 2.24) is 5.06 Å². The highest BCUT2D eigenvalue weighted by molar-refractivity contribution is 6.20. The quantitative estimate of drug-likeness (QED) is 0.136. The number of carbonyl (C=O) groups is 3. The van der Waals surface area contributed by atoms with Crippen molar-refractivity contribution >= 4 is 29.4 Å². The molecule has 7 nitrogen and oxygen atoms in total. The average molecular weight is 620 g/mol. The van der Waals surface area contributed by atoms with Crippen molar-refractivity contribution < 1.29 is 29.4 Å². The average Bonchev–Trinajstić information content (AvgIpc) is 3.21. The topological polar surface area (TPSA) is 104 Å². The van der Waals surface area contributed by atoms with Crippen molar-refractivity contribution in [2.45, 2.75) is 146 Å². The van der Waals surface area contributed by atoms with E-state index in [1.165, 1.54) is 0 Å². The van der Waals surface area contributed by atoms with Gasteiger partial charge in [-0.2, -0.15) is 0 Å². The monoisotopic (exact) mass is 619 g/mol. The summed E-state index contributed by atoms with van der Waals surface area (Å²) in [6, 6.07) is 0. The normalized spacial score (nSPS) is 14.8. The molecule has 42 heavy (non-hydrogen) atoms. The maximum absolute atomic E-state index is 11.0. The smallest absolute Gasteiger partial charge is 0.335 e. The highest BCUT2D eigenvalue weighted by atomic mass is 35.5. The van der Waals surface area contributed by atoms with Crippen molar-refractivity contribution in [3.05, 3.63) is 24.8 Å². The Balaban J connectivity index is -0.000000225. The molecule has 0 saturated carbocycles. The van der Waals surface area contributed by atoms with Crippen LogP contribution in [0.3, 0.4) is 0 Å². The highest BCUT2D eigenvalue weighted by Crippen LogP contribution is 2.13. The standard InChI is InChI=1S/C9H18O.C8H11NO4.C7H16O.C5H11Cl.C5H10/c1-4-9(10)7-5-6-8(2)3;1-5(2)8(12)13-9-6(10)3-4-7(9)11;1-4-7(8)5-6(2)3;1-4(2)5(3)6;1-4-5(2)3/h5-6,8-10H,4,7H2,1-3H3;5H,3-4H2,1-2H3;6-8H,4-5H2,1-3H3;4-5H,1-3H3;4-5H,1H2,2-3H3/b6-5+;;;;. The van der Waals surface area contributed by atoms with Gasteiger partial charge in [-0.3, -0.25) is 9.59 Å². The van der Waals surface area contributed by atoms with Gasteiger partial charge < -0.3 is 15.1 Å². The van der Waals surface area contributed by atoms with Crippen molar-refractivity contribution in [2.24, 2.45) is 29.6 Å². The van der Waals surface area contributed by atoms with Crippen molar-refractivity contribution in [1.29, 1.82) is 0 Å². The molecular formula is C34H66ClNO6. The predicted molar refractivity (Wildman–Crippen MR) is 178 cm³/mol. The van der Waals surface area contributed by atoms with Crippen LogP contribution in [0.15, 0.2) is 24.8 Å². The zero-order valence-electron chi connectivity index (χ0n) is 29.2. The Morgan fingerprint density at radius 2 is 1.29 bits per heavy atom. The van der Waals surface area contributed by atoms with Crippen molar-refractivity contribution in [3.63, 3.8) is 0 Å². The summed E-state index contributed by atoms with van der Waals surface area (Å²) in [5, 5.41) is 19.0. The summed E-state index contributed by atoms with van der Waals surface area (Å²) in [5.74, 6) is 0.693. The lowest BCUT2D eigenvalue weighted by Gasteiger charge is -2.13. The number of imide groups is 1. The molecule has 3 atom stereocenters. The fourth-order valence-corrected chi connectivity index (χ4v) is 2.24. The van der Waals surface area contributed by atoms with E-state index in [0.29, 0.717) is 34.1 Å². The Morgan fingerprint density at radius 1 is 0.881 bits per heavy atom. The van der Waals surface area contributed by atoms with Gasteiger partial charge in [0.05, 0.1) is 18.1 Å². The molecule has 8 heteroatoms. The molecule has 0 aromatic heterocycles. The molecule has 1 fully saturated rings. The molecule has 0 aromatic carbocycles. The molecule has 1 heterocycles. The fourth-order valence-electron chi connectivity index (χ4n) is 2.24. The minimum atomic E-state index is -0.566. The minimum absolute atomic E-state index is 0.0741. The number of hydrogen-bond donors (Lipinski definition) is 2. The first-order valence-electron chi connectivity index (χ1n) is 15.6. The molecule has 1 rings (SSSR count). The van der Waals surface area contributed by atoms with E-state index in [0.717, 1.165) is 25.7 Å². The number of hydrogen-bond acceptors (Lipinski definition) is 6. The van der Waals surface area contributed by atoms with Gasteiger partial charge in [-0.05, 0) is 56.3 Å². The number of hydroxylamine groups is 2.